The molecule has 0 saturated heterocycles. The van der Waals surface area contributed by atoms with Crippen molar-refractivity contribution in [3.05, 3.63) is 52.0 Å². The Balaban J connectivity index is 1.98. The maximum absolute atomic E-state index is 13.2. The molecule has 2 aromatic rings. The Hall–Kier alpha value is -1.68. The molecule has 0 spiro atoms. The van der Waals surface area contributed by atoms with Crippen LogP contribution < -0.4 is 4.90 Å². The van der Waals surface area contributed by atoms with Crippen molar-refractivity contribution in [3.8, 4) is 0 Å². The number of anilines is 1. The molecule has 2 heterocycles. The SMILES string of the molecule is O=C(c1cccs1)N1CCc2ccc(F)cc21. The Labute approximate surface area is 102 Å². The van der Waals surface area contributed by atoms with Gasteiger partial charge in [-0.05, 0) is 35.6 Å². The molecule has 1 amide bonds. The van der Waals surface area contributed by atoms with Crippen molar-refractivity contribution in [2.75, 3.05) is 11.4 Å². The summed E-state index contributed by atoms with van der Waals surface area (Å²) in [7, 11) is 0. The van der Waals surface area contributed by atoms with Gasteiger partial charge in [-0.15, -0.1) is 11.3 Å². The van der Waals surface area contributed by atoms with Crippen LogP contribution in [0.3, 0.4) is 0 Å². The topological polar surface area (TPSA) is 20.3 Å². The predicted octanol–water partition coefficient (Wildman–Crippen LogP) is 3.09. The fraction of sp³-hybridized carbons (Fsp3) is 0.154. The lowest BCUT2D eigenvalue weighted by Crippen LogP contribution is -2.28. The number of thiophene rings is 1. The summed E-state index contributed by atoms with van der Waals surface area (Å²) in [6, 6.07) is 8.28. The van der Waals surface area contributed by atoms with Crippen LogP contribution in [0.1, 0.15) is 15.2 Å². The van der Waals surface area contributed by atoms with Crippen LogP contribution in [0.25, 0.3) is 0 Å². The van der Waals surface area contributed by atoms with Crippen LogP contribution >= 0.6 is 11.3 Å². The summed E-state index contributed by atoms with van der Waals surface area (Å²) in [4.78, 5) is 14.5. The van der Waals surface area contributed by atoms with Gasteiger partial charge in [0.05, 0.1) is 10.6 Å². The minimum atomic E-state index is -0.297. The van der Waals surface area contributed by atoms with Crippen LogP contribution in [0.2, 0.25) is 0 Å². The van der Waals surface area contributed by atoms with Gasteiger partial charge >= 0.3 is 0 Å². The highest BCUT2D eigenvalue weighted by Crippen LogP contribution is 2.30. The van der Waals surface area contributed by atoms with Crippen LogP contribution in [-0.2, 0) is 6.42 Å². The number of hydrogen-bond acceptors (Lipinski definition) is 2. The summed E-state index contributed by atoms with van der Waals surface area (Å²) in [6.45, 7) is 0.634. The number of halogens is 1. The van der Waals surface area contributed by atoms with Gasteiger partial charge < -0.3 is 4.90 Å². The van der Waals surface area contributed by atoms with Gasteiger partial charge in [0.25, 0.3) is 5.91 Å². The molecule has 1 aliphatic heterocycles. The van der Waals surface area contributed by atoms with Gasteiger partial charge in [-0.25, -0.2) is 4.39 Å². The normalized spacial score (nSPS) is 13.8. The van der Waals surface area contributed by atoms with Crippen molar-refractivity contribution in [2.24, 2.45) is 0 Å². The van der Waals surface area contributed by atoms with Crippen molar-refractivity contribution >= 4 is 22.9 Å². The van der Waals surface area contributed by atoms with Crippen LogP contribution in [-0.4, -0.2) is 12.5 Å². The lowest BCUT2D eigenvalue weighted by molar-refractivity contribution is 0.0993. The van der Waals surface area contributed by atoms with Crippen LogP contribution in [0.15, 0.2) is 35.7 Å². The van der Waals surface area contributed by atoms with E-state index in [2.05, 4.69) is 0 Å². The second-order valence-corrected chi connectivity index (χ2v) is 4.90. The van der Waals surface area contributed by atoms with Crippen LogP contribution in [0.5, 0.6) is 0 Å². The summed E-state index contributed by atoms with van der Waals surface area (Å²) in [5.41, 5.74) is 1.75. The van der Waals surface area contributed by atoms with Crippen LogP contribution in [0, 0.1) is 5.82 Å². The molecule has 4 heteroatoms. The quantitative estimate of drug-likeness (QED) is 0.758. The van der Waals surface area contributed by atoms with Crippen molar-refractivity contribution < 1.29 is 9.18 Å². The number of nitrogens with zero attached hydrogens (tertiary/aromatic N) is 1. The minimum absolute atomic E-state index is 0.0376. The van der Waals surface area contributed by atoms with E-state index in [0.717, 1.165) is 12.0 Å². The average Bonchev–Trinajstić information content (AvgIpc) is 2.97. The summed E-state index contributed by atoms with van der Waals surface area (Å²) in [6.07, 6.45) is 0.798. The summed E-state index contributed by atoms with van der Waals surface area (Å²) in [5, 5.41) is 1.87. The van der Waals surface area contributed by atoms with Gasteiger partial charge in [-0.2, -0.15) is 0 Å². The molecule has 0 bridgehead atoms. The molecule has 0 atom stereocenters. The number of carbonyl (C=O) groups is 1. The Bertz CT molecular complexity index is 565. The standard InChI is InChI=1S/C13H10FNOS/c14-10-4-3-9-5-6-15(11(9)8-10)13(16)12-2-1-7-17-12/h1-4,7-8H,5-6H2. The monoisotopic (exact) mass is 247 g/mol. The first-order valence-electron chi connectivity index (χ1n) is 5.39. The number of benzene rings is 1. The molecular formula is C13H10FNOS. The summed E-state index contributed by atoms with van der Waals surface area (Å²) >= 11 is 1.41. The Morgan fingerprint density at radius 2 is 2.24 bits per heavy atom. The molecule has 17 heavy (non-hydrogen) atoms. The second kappa shape index (κ2) is 3.96. The van der Waals surface area contributed by atoms with E-state index in [1.807, 2.05) is 11.4 Å². The van der Waals surface area contributed by atoms with E-state index in [1.165, 1.54) is 23.5 Å². The zero-order chi connectivity index (χ0) is 11.8. The fourth-order valence-corrected chi connectivity index (χ4v) is 2.77. The Morgan fingerprint density at radius 3 is 3.00 bits per heavy atom. The van der Waals surface area contributed by atoms with E-state index in [4.69, 9.17) is 0 Å². The molecule has 0 radical (unpaired) electrons. The predicted molar refractivity (Wildman–Crippen MR) is 66.1 cm³/mol. The molecule has 1 aromatic carbocycles. The van der Waals surface area contributed by atoms with E-state index in [1.54, 1.807) is 17.0 Å². The molecule has 2 nitrogen and oxygen atoms in total. The molecule has 0 saturated carbocycles. The van der Waals surface area contributed by atoms with E-state index >= 15 is 0 Å². The molecule has 0 fully saturated rings. The van der Waals surface area contributed by atoms with Gasteiger partial charge in [0.2, 0.25) is 0 Å². The van der Waals surface area contributed by atoms with Gasteiger partial charge in [0, 0.05) is 6.54 Å². The first-order chi connectivity index (χ1) is 8.25. The summed E-state index contributed by atoms with van der Waals surface area (Å²) in [5.74, 6) is -0.334. The number of hydrogen-bond donors (Lipinski definition) is 0. The average molecular weight is 247 g/mol. The van der Waals surface area contributed by atoms with Gasteiger partial charge in [0.15, 0.2) is 0 Å². The molecule has 1 aliphatic rings. The largest absolute Gasteiger partial charge is 0.307 e. The van der Waals surface area contributed by atoms with E-state index in [-0.39, 0.29) is 11.7 Å². The van der Waals surface area contributed by atoms with E-state index in [0.29, 0.717) is 17.1 Å². The van der Waals surface area contributed by atoms with E-state index < -0.39 is 0 Å². The number of carbonyl (C=O) groups excluding carboxylic acids is 1. The van der Waals surface area contributed by atoms with E-state index in [9.17, 15) is 9.18 Å². The summed E-state index contributed by atoms with van der Waals surface area (Å²) < 4.78 is 13.2. The maximum Gasteiger partial charge on any atom is 0.268 e. The molecular weight excluding hydrogens is 237 g/mol. The van der Waals surface area contributed by atoms with Gasteiger partial charge in [-0.1, -0.05) is 12.1 Å². The van der Waals surface area contributed by atoms with Crippen molar-refractivity contribution in [1.82, 2.24) is 0 Å². The van der Waals surface area contributed by atoms with Crippen LogP contribution in [0.4, 0.5) is 10.1 Å². The van der Waals surface area contributed by atoms with Crippen molar-refractivity contribution in [2.45, 2.75) is 6.42 Å². The molecule has 0 unspecified atom stereocenters. The number of amides is 1. The third-order valence-electron chi connectivity index (χ3n) is 2.92. The Kier molecular flexibility index (Phi) is 2.44. The molecule has 86 valence electrons. The maximum atomic E-state index is 13.2. The molecule has 0 aliphatic carbocycles. The molecule has 1 aromatic heterocycles. The minimum Gasteiger partial charge on any atom is -0.307 e. The second-order valence-electron chi connectivity index (χ2n) is 3.96. The number of rotatable bonds is 1. The fourth-order valence-electron chi connectivity index (χ4n) is 2.10. The van der Waals surface area contributed by atoms with Crippen molar-refractivity contribution in [3.63, 3.8) is 0 Å². The highest BCUT2D eigenvalue weighted by atomic mass is 32.1. The van der Waals surface area contributed by atoms with Crippen molar-refractivity contribution in [1.29, 1.82) is 0 Å². The Morgan fingerprint density at radius 1 is 1.35 bits per heavy atom. The molecule has 0 N–H and O–H groups in total. The third-order valence-corrected chi connectivity index (χ3v) is 3.78. The third kappa shape index (κ3) is 1.74. The zero-order valence-corrected chi connectivity index (χ0v) is 9.84. The zero-order valence-electron chi connectivity index (χ0n) is 9.02. The molecule has 3 rings (SSSR count). The lowest BCUT2D eigenvalue weighted by atomic mass is 10.2. The number of fused-ring (bicyclic) bond motifs is 1. The first kappa shape index (κ1) is 10.5. The lowest BCUT2D eigenvalue weighted by Gasteiger charge is -2.16. The smallest absolute Gasteiger partial charge is 0.268 e. The first-order valence-corrected chi connectivity index (χ1v) is 6.27. The highest BCUT2D eigenvalue weighted by molar-refractivity contribution is 7.12. The highest BCUT2D eigenvalue weighted by Gasteiger charge is 2.26. The van der Waals surface area contributed by atoms with Gasteiger partial charge in [-0.3, -0.25) is 4.79 Å². The van der Waals surface area contributed by atoms with Gasteiger partial charge in [0.1, 0.15) is 5.82 Å².